The third-order valence-electron chi connectivity index (χ3n) is 2.26. The molecule has 0 bridgehead atoms. The van der Waals surface area contributed by atoms with E-state index in [-0.39, 0.29) is 17.8 Å². The van der Waals surface area contributed by atoms with Crippen LogP contribution < -0.4 is 0 Å². The summed E-state index contributed by atoms with van der Waals surface area (Å²) in [5, 5.41) is 26.4. The summed E-state index contributed by atoms with van der Waals surface area (Å²) in [6.45, 7) is 0. The normalized spacial score (nSPS) is 10.4. The summed E-state index contributed by atoms with van der Waals surface area (Å²) in [4.78, 5) is 20.2. The lowest BCUT2D eigenvalue weighted by Gasteiger charge is -2.00. The van der Waals surface area contributed by atoms with Crippen LogP contribution in [0.1, 0.15) is 5.69 Å². The Hall–Kier alpha value is -2.84. The van der Waals surface area contributed by atoms with Gasteiger partial charge in [-0.25, -0.2) is 4.68 Å². The molecular weight excluding hydrogens is 259 g/mol. The number of aliphatic carboxylic acids is 1. The highest BCUT2D eigenvalue weighted by atomic mass is 19.1. The molecule has 0 atom stereocenters. The summed E-state index contributed by atoms with van der Waals surface area (Å²) in [5.41, 5.74) is -0.274. The fourth-order valence-corrected chi connectivity index (χ4v) is 1.44. The Balaban J connectivity index is 2.36. The Morgan fingerprint density at radius 3 is 2.89 bits per heavy atom. The highest BCUT2D eigenvalue weighted by molar-refractivity contribution is 5.69. The van der Waals surface area contributed by atoms with Crippen LogP contribution in [0.4, 0.5) is 10.1 Å². The molecule has 0 spiro atoms. The van der Waals surface area contributed by atoms with Crippen molar-refractivity contribution in [3.8, 4) is 5.69 Å². The fraction of sp³-hybridized carbons (Fsp3) is 0.100. The number of hydrogen-bond donors (Lipinski definition) is 1. The predicted molar refractivity (Wildman–Crippen MR) is 59.3 cm³/mol. The number of nitro benzene ring substituents is 1. The Morgan fingerprint density at radius 1 is 1.53 bits per heavy atom. The van der Waals surface area contributed by atoms with Gasteiger partial charge in [0.15, 0.2) is 0 Å². The van der Waals surface area contributed by atoms with Gasteiger partial charge in [0.1, 0.15) is 0 Å². The first kappa shape index (κ1) is 12.6. The van der Waals surface area contributed by atoms with Crippen LogP contribution in [0.5, 0.6) is 0 Å². The van der Waals surface area contributed by atoms with E-state index in [0.717, 1.165) is 16.8 Å². The maximum atomic E-state index is 13.1. The highest BCUT2D eigenvalue weighted by Crippen LogP contribution is 2.20. The zero-order chi connectivity index (χ0) is 14.0. The molecule has 0 unspecified atom stereocenters. The summed E-state index contributed by atoms with van der Waals surface area (Å²) in [7, 11) is 0. The molecule has 0 aliphatic rings. The number of hydrogen-bond acceptors (Lipinski definition) is 5. The summed E-state index contributed by atoms with van der Waals surface area (Å²) in [6.07, 6.45) is 0.994. The van der Waals surface area contributed by atoms with E-state index in [1.165, 1.54) is 12.3 Å². The molecule has 0 amide bonds. The lowest BCUT2D eigenvalue weighted by Crippen LogP contribution is -2.00. The minimum absolute atomic E-state index is 0.194. The van der Waals surface area contributed by atoms with Crippen molar-refractivity contribution >= 4 is 11.7 Å². The van der Waals surface area contributed by atoms with Gasteiger partial charge in [-0.1, -0.05) is 5.21 Å². The molecule has 0 aliphatic heterocycles. The minimum Gasteiger partial charge on any atom is -0.481 e. The van der Waals surface area contributed by atoms with Gasteiger partial charge in [-0.2, -0.15) is 4.39 Å². The number of rotatable bonds is 4. The van der Waals surface area contributed by atoms with E-state index in [0.29, 0.717) is 0 Å². The van der Waals surface area contributed by atoms with Crippen molar-refractivity contribution in [1.29, 1.82) is 0 Å². The molecule has 9 heteroatoms. The van der Waals surface area contributed by atoms with Crippen LogP contribution in [-0.4, -0.2) is 31.0 Å². The third-order valence-corrected chi connectivity index (χ3v) is 2.26. The maximum absolute atomic E-state index is 13.1. The highest BCUT2D eigenvalue weighted by Gasteiger charge is 2.16. The standard InChI is InChI=1S/C10H7FN4O4/c11-8-2-1-7(4-9(8)15(18)19)14-5-6(12-13-14)3-10(16)17/h1-2,4-5H,3H2,(H,16,17). The molecule has 2 aromatic rings. The maximum Gasteiger partial charge on any atom is 0.309 e. The second-order valence-electron chi connectivity index (χ2n) is 3.62. The molecule has 0 aliphatic carbocycles. The van der Waals surface area contributed by atoms with Gasteiger partial charge in [-0.15, -0.1) is 5.10 Å². The third kappa shape index (κ3) is 2.70. The van der Waals surface area contributed by atoms with Crippen LogP contribution in [-0.2, 0) is 11.2 Å². The van der Waals surface area contributed by atoms with Crippen LogP contribution in [0.2, 0.25) is 0 Å². The van der Waals surface area contributed by atoms with E-state index in [1.807, 2.05) is 0 Å². The van der Waals surface area contributed by atoms with Crippen molar-refractivity contribution in [2.45, 2.75) is 6.42 Å². The molecular formula is C10H7FN4O4. The second kappa shape index (κ2) is 4.80. The van der Waals surface area contributed by atoms with Gasteiger partial charge in [0.05, 0.1) is 28.9 Å². The van der Waals surface area contributed by atoms with Crippen LogP contribution >= 0.6 is 0 Å². The number of benzene rings is 1. The molecule has 0 saturated heterocycles. The first-order valence-corrected chi connectivity index (χ1v) is 5.04. The van der Waals surface area contributed by atoms with E-state index >= 15 is 0 Å². The number of carbonyl (C=O) groups is 1. The van der Waals surface area contributed by atoms with E-state index in [1.54, 1.807) is 0 Å². The van der Waals surface area contributed by atoms with Crippen LogP contribution in [0.3, 0.4) is 0 Å². The average molecular weight is 266 g/mol. The first-order chi connectivity index (χ1) is 8.97. The van der Waals surface area contributed by atoms with Gasteiger partial charge in [-0.05, 0) is 12.1 Å². The quantitative estimate of drug-likeness (QED) is 0.651. The number of carboxylic acids is 1. The molecule has 19 heavy (non-hydrogen) atoms. The lowest BCUT2D eigenvalue weighted by atomic mass is 10.2. The van der Waals surface area contributed by atoms with Crippen molar-refractivity contribution in [3.63, 3.8) is 0 Å². The van der Waals surface area contributed by atoms with Gasteiger partial charge < -0.3 is 5.11 Å². The smallest absolute Gasteiger partial charge is 0.309 e. The molecule has 1 N–H and O–H groups in total. The van der Waals surface area contributed by atoms with Gasteiger partial charge in [0.2, 0.25) is 5.82 Å². The average Bonchev–Trinajstić information content (AvgIpc) is 2.76. The molecule has 8 nitrogen and oxygen atoms in total. The van der Waals surface area contributed by atoms with Crippen molar-refractivity contribution in [1.82, 2.24) is 15.0 Å². The summed E-state index contributed by atoms with van der Waals surface area (Å²) in [5.74, 6) is -2.03. The molecule has 1 aromatic carbocycles. The molecule has 0 saturated carbocycles. The Kier molecular flexibility index (Phi) is 3.19. The molecule has 0 fully saturated rings. The van der Waals surface area contributed by atoms with E-state index in [9.17, 15) is 19.3 Å². The van der Waals surface area contributed by atoms with Gasteiger partial charge in [0.25, 0.3) is 0 Å². The van der Waals surface area contributed by atoms with Crippen molar-refractivity contribution in [2.24, 2.45) is 0 Å². The van der Waals surface area contributed by atoms with Crippen molar-refractivity contribution in [3.05, 3.63) is 46.0 Å². The Morgan fingerprint density at radius 2 is 2.26 bits per heavy atom. The SMILES string of the molecule is O=C(O)Cc1cn(-c2ccc(F)c([N+](=O)[O-])c2)nn1. The second-order valence-corrected chi connectivity index (χ2v) is 3.62. The fourth-order valence-electron chi connectivity index (χ4n) is 1.44. The molecule has 98 valence electrons. The summed E-state index contributed by atoms with van der Waals surface area (Å²) in [6, 6.07) is 3.21. The summed E-state index contributed by atoms with van der Waals surface area (Å²) >= 11 is 0. The Bertz CT molecular complexity index is 655. The van der Waals surface area contributed by atoms with Crippen molar-refractivity contribution < 1.29 is 19.2 Å². The molecule has 0 radical (unpaired) electrons. The van der Waals surface area contributed by atoms with E-state index in [4.69, 9.17) is 5.11 Å². The summed E-state index contributed by atoms with van der Waals surface area (Å²) < 4.78 is 14.3. The molecule has 1 aromatic heterocycles. The number of halogens is 1. The molecule has 1 heterocycles. The van der Waals surface area contributed by atoms with Gasteiger partial charge in [0, 0.05) is 6.07 Å². The number of nitro groups is 1. The van der Waals surface area contributed by atoms with Gasteiger partial charge in [-0.3, -0.25) is 14.9 Å². The van der Waals surface area contributed by atoms with E-state index in [2.05, 4.69) is 10.3 Å². The van der Waals surface area contributed by atoms with Crippen LogP contribution in [0.25, 0.3) is 5.69 Å². The Labute approximate surface area is 105 Å². The number of aromatic nitrogens is 3. The topological polar surface area (TPSA) is 111 Å². The van der Waals surface area contributed by atoms with E-state index < -0.39 is 22.4 Å². The largest absolute Gasteiger partial charge is 0.481 e. The first-order valence-electron chi connectivity index (χ1n) is 5.04. The lowest BCUT2D eigenvalue weighted by molar-refractivity contribution is -0.387. The van der Waals surface area contributed by atoms with Crippen LogP contribution in [0.15, 0.2) is 24.4 Å². The number of nitrogens with zero attached hydrogens (tertiary/aromatic N) is 4. The monoisotopic (exact) mass is 266 g/mol. The minimum atomic E-state index is -1.07. The predicted octanol–water partition coefficient (Wildman–Crippen LogP) is 0.942. The molecule has 2 rings (SSSR count). The zero-order valence-corrected chi connectivity index (χ0v) is 9.36. The zero-order valence-electron chi connectivity index (χ0n) is 9.36. The van der Waals surface area contributed by atoms with Crippen molar-refractivity contribution in [2.75, 3.05) is 0 Å². The number of carboxylic acid groups (broad SMARTS) is 1. The van der Waals surface area contributed by atoms with Crippen LogP contribution in [0, 0.1) is 15.9 Å². The van der Waals surface area contributed by atoms with Gasteiger partial charge >= 0.3 is 11.7 Å².